The number of fused-ring (bicyclic) bond motifs is 4. The molecule has 9 rings (SSSR count). The fraction of sp³-hybridized carbons (Fsp3) is 0.436. The maximum atomic E-state index is 17.7. The number of benzene rings is 2. The lowest BCUT2D eigenvalue weighted by Crippen LogP contribution is -2.43. The van der Waals surface area contributed by atoms with Gasteiger partial charge in [-0.15, -0.1) is 11.3 Å². The molecule has 0 spiro atoms. The molecule has 6 heterocycles. The Morgan fingerprint density at radius 2 is 1.98 bits per heavy atom. The molecule has 0 bridgehead atoms. The third-order valence-corrected chi connectivity index (χ3v) is 12.6. The highest BCUT2D eigenvalue weighted by molar-refractivity contribution is 7.23. The van der Waals surface area contributed by atoms with Crippen LogP contribution in [0.1, 0.15) is 71.8 Å². The van der Waals surface area contributed by atoms with E-state index in [1.54, 1.807) is 20.2 Å². The first-order valence-electron chi connectivity index (χ1n) is 18.7. The van der Waals surface area contributed by atoms with Crippen molar-refractivity contribution in [1.29, 1.82) is 5.26 Å². The summed E-state index contributed by atoms with van der Waals surface area (Å²) in [7, 11) is 3.33. The Morgan fingerprint density at radius 3 is 2.73 bits per heavy atom. The molecule has 3 fully saturated rings. The molecule has 56 heavy (non-hydrogen) atoms. The number of aryl methyl sites for hydroxylation is 1. The summed E-state index contributed by atoms with van der Waals surface area (Å²) in [5, 5.41) is 26.9. The summed E-state index contributed by atoms with van der Waals surface area (Å²) in [4.78, 5) is 39.7. The van der Waals surface area contributed by atoms with Gasteiger partial charge in [-0.25, -0.2) is 18.0 Å². The van der Waals surface area contributed by atoms with Gasteiger partial charge in [-0.3, -0.25) is 19.7 Å². The van der Waals surface area contributed by atoms with Crippen molar-refractivity contribution in [3.05, 3.63) is 58.4 Å². The largest absolute Gasteiger partial charge is 0.465 e. The van der Waals surface area contributed by atoms with Gasteiger partial charge >= 0.3 is 12.1 Å². The van der Waals surface area contributed by atoms with Gasteiger partial charge < -0.3 is 19.6 Å². The van der Waals surface area contributed by atoms with E-state index < -0.39 is 29.4 Å². The van der Waals surface area contributed by atoms with E-state index in [2.05, 4.69) is 20.3 Å². The smallest absolute Gasteiger partial charge is 0.409 e. The van der Waals surface area contributed by atoms with Crippen LogP contribution < -0.4 is 15.0 Å². The van der Waals surface area contributed by atoms with Crippen LogP contribution >= 0.6 is 11.3 Å². The van der Waals surface area contributed by atoms with E-state index in [0.717, 1.165) is 49.3 Å². The molecular formula is C39H38F3N9O4S. The van der Waals surface area contributed by atoms with Gasteiger partial charge in [-0.2, -0.15) is 20.3 Å². The van der Waals surface area contributed by atoms with Gasteiger partial charge in [0.05, 0.1) is 28.0 Å². The number of aromatic nitrogens is 4. The first kappa shape index (κ1) is 36.2. The van der Waals surface area contributed by atoms with Crippen molar-refractivity contribution < 1.29 is 32.6 Å². The first-order valence-corrected chi connectivity index (χ1v) is 19.5. The van der Waals surface area contributed by atoms with Crippen LogP contribution in [-0.2, 0) is 13.1 Å². The molecule has 3 aliphatic heterocycles. The van der Waals surface area contributed by atoms with Crippen LogP contribution in [0.3, 0.4) is 0 Å². The van der Waals surface area contributed by atoms with E-state index in [0.29, 0.717) is 61.5 Å². The Labute approximate surface area is 323 Å². The summed E-state index contributed by atoms with van der Waals surface area (Å²) in [6, 6.07) is 8.20. The third-order valence-electron chi connectivity index (χ3n) is 11.5. The highest BCUT2D eigenvalue weighted by atomic mass is 32.1. The molecule has 5 aromatic rings. The van der Waals surface area contributed by atoms with E-state index in [-0.39, 0.29) is 61.7 Å². The van der Waals surface area contributed by atoms with Crippen molar-refractivity contribution in [2.75, 3.05) is 50.6 Å². The van der Waals surface area contributed by atoms with E-state index in [1.165, 1.54) is 17.0 Å². The summed E-state index contributed by atoms with van der Waals surface area (Å²) >= 11 is 0.777. The minimum atomic E-state index is -1.42. The number of hydrogen-bond donors (Lipinski definition) is 2. The molecule has 13 nitrogen and oxygen atoms in total. The fourth-order valence-electron chi connectivity index (χ4n) is 8.80. The number of nitriles is 1. The maximum absolute atomic E-state index is 17.7. The number of nitrogens with zero attached hydrogens (tertiary/aromatic N) is 8. The van der Waals surface area contributed by atoms with Crippen molar-refractivity contribution in [2.24, 2.45) is 0 Å². The van der Waals surface area contributed by atoms with Gasteiger partial charge in [0.2, 0.25) is 0 Å². The normalized spacial score (nSPS) is 20.9. The minimum absolute atomic E-state index is 0.0212. The van der Waals surface area contributed by atoms with Gasteiger partial charge in [0.15, 0.2) is 11.5 Å². The third kappa shape index (κ3) is 6.06. The highest BCUT2D eigenvalue weighted by Crippen LogP contribution is 2.51. The lowest BCUT2D eigenvalue weighted by Gasteiger charge is -2.31. The first-order chi connectivity index (χ1) is 26.9. The highest BCUT2D eigenvalue weighted by Gasteiger charge is 2.49. The molecule has 1 saturated carbocycles. The monoisotopic (exact) mass is 785 g/mol. The second-order valence-electron chi connectivity index (χ2n) is 15.4. The number of alkyl halides is 1. The number of hydrogen-bond acceptors (Lipinski definition) is 10. The van der Waals surface area contributed by atoms with Crippen LogP contribution in [0.15, 0.2) is 24.3 Å². The molecule has 2 saturated heterocycles. The predicted octanol–water partition coefficient (Wildman–Crippen LogP) is 6.89. The SMILES string of the molecule is CN(C)C(=O)c1cc2n(n1)CCCN(c1nc(OC[C@@]34CCCN3C[C@H](F)C4)nc3c(F)c(-c4ccc(F)c5sc(NC(=O)O)c(C#N)c45)c(C4CC4)cc13)C2. The molecule has 2 N–H and O–H groups in total. The molecule has 17 heteroatoms. The Balaban J connectivity index is 1.23. The molecule has 0 unspecified atom stereocenters. The van der Waals surface area contributed by atoms with Crippen molar-refractivity contribution >= 4 is 55.1 Å². The van der Waals surface area contributed by atoms with Gasteiger partial charge in [0.1, 0.15) is 41.0 Å². The summed E-state index contributed by atoms with van der Waals surface area (Å²) in [5.74, 6) is -1.22. The average molecular weight is 786 g/mol. The molecule has 4 aliphatic rings. The van der Waals surface area contributed by atoms with E-state index in [4.69, 9.17) is 9.72 Å². The van der Waals surface area contributed by atoms with Gasteiger partial charge in [0, 0.05) is 56.5 Å². The lowest BCUT2D eigenvalue weighted by atomic mass is 9.91. The molecule has 2 aromatic carbocycles. The zero-order chi connectivity index (χ0) is 39.0. The number of carbonyl (C=O) groups excluding carboxylic acids is 1. The second kappa shape index (κ2) is 13.6. The number of ether oxygens (including phenoxy) is 1. The van der Waals surface area contributed by atoms with Gasteiger partial charge in [-0.1, -0.05) is 6.07 Å². The summed E-state index contributed by atoms with van der Waals surface area (Å²) in [6.45, 7) is 2.59. The molecule has 290 valence electrons. The van der Waals surface area contributed by atoms with E-state index in [9.17, 15) is 24.3 Å². The quantitative estimate of drug-likeness (QED) is 0.170. The van der Waals surface area contributed by atoms with Crippen molar-refractivity contribution in [3.63, 3.8) is 0 Å². The topological polar surface area (TPSA) is 153 Å². The van der Waals surface area contributed by atoms with Crippen molar-refractivity contribution in [1.82, 2.24) is 29.5 Å². The number of rotatable bonds is 8. The van der Waals surface area contributed by atoms with Crippen LogP contribution in [0.4, 0.5) is 28.8 Å². The molecule has 2 atom stereocenters. The van der Waals surface area contributed by atoms with Crippen molar-refractivity contribution in [2.45, 2.75) is 69.2 Å². The average Bonchev–Trinajstić information content (AvgIpc) is 3.61. The van der Waals surface area contributed by atoms with Crippen LogP contribution in [0, 0.1) is 23.0 Å². The van der Waals surface area contributed by atoms with Crippen LogP contribution in [-0.4, -0.2) is 98.7 Å². The Hall–Kier alpha value is -5.47. The second-order valence-corrected chi connectivity index (χ2v) is 16.4. The van der Waals surface area contributed by atoms with E-state index in [1.807, 2.05) is 21.7 Å². The minimum Gasteiger partial charge on any atom is -0.465 e. The number of carboxylic acid groups (broad SMARTS) is 1. The van der Waals surface area contributed by atoms with E-state index >= 15 is 8.78 Å². The zero-order valence-corrected chi connectivity index (χ0v) is 31.6. The van der Waals surface area contributed by atoms with Crippen LogP contribution in [0.2, 0.25) is 0 Å². The summed E-state index contributed by atoms with van der Waals surface area (Å²) in [5.41, 5.74) is 1.46. The Bertz CT molecular complexity index is 2500. The number of anilines is 2. The molecule has 2 amide bonds. The molecule has 3 aromatic heterocycles. The number of amides is 2. The predicted molar refractivity (Wildman–Crippen MR) is 203 cm³/mol. The van der Waals surface area contributed by atoms with Gasteiger partial charge in [-0.05, 0) is 73.9 Å². The van der Waals surface area contributed by atoms with Crippen LogP contribution in [0.25, 0.3) is 32.1 Å². The zero-order valence-electron chi connectivity index (χ0n) is 30.7. The number of thiophene rings is 1. The molecule has 1 aliphatic carbocycles. The number of halogens is 3. The summed E-state index contributed by atoms with van der Waals surface area (Å²) < 4.78 is 56.0. The fourth-order valence-corrected chi connectivity index (χ4v) is 9.87. The summed E-state index contributed by atoms with van der Waals surface area (Å²) in [6.07, 6.45) is 1.79. The molecule has 0 radical (unpaired) electrons. The van der Waals surface area contributed by atoms with Gasteiger partial charge in [0.25, 0.3) is 5.91 Å². The Kier molecular flexibility index (Phi) is 8.80. The molecular weight excluding hydrogens is 748 g/mol. The number of carbonyl (C=O) groups is 2. The lowest BCUT2D eigenvalue weighted by molar-refractivity contribution is 0.0821. The standard InChI is InChI=1S/C39H38F3N9O4S/c1-48(2)36(52)28-13-22-18-49(10-4-12-51(22)47-28)34-25-14-24(20-5-6-20)29(23-7-8-27(41)33-30(23)26(16-43)35(56-33)46-38(53)54)31(42)32(25)44-37(45-34)55-19-39-9-3-11-50(39)17-21(40)15-39/h7-8,13-14,20-21,46H,3-6,9-12,15,17-19H2,1-2H3,(H,53,54)/t21-,39+/m1/s1. The number of nitrogens with one attached hydrogen (secondary N) is 1. The Morgan fingerprint density at radius 1 is 1.16 bits per heavy atom. The maximum Gasteiger partial charge on any atom is 0.409 e. The van der Waals surface area contributed by atoms with Crippen molar-refractivity contribution in [3.8, 4) is 23.2 Å². The van der Waals surface area contributed by atoms with Crippen LogP contribution in [0.5, 0.6) is 6.01 Å².